The number of pyridine rings is 1. The highest BCUT2D eigenvalue weighted by Crippen LogP contribution is 2.22. The lowest BCUT2D eigenvalue weighted by molar-refractivity contribution is -0.145. The molecular weight excluding hydrogens is 587 g/mol. The molecule has 45 heavy (non-hydrogen) atoms. The van der Waals surface area contributed by atoms with Crippen molar-refractivity contribution in [3.8, 4) is 0 Å². The summed E-state index contributed by atoms with van der Waals surface area (Å²) < 4.78 is 14.2. The monoisotopic (exact) mass is 622 g/mol. The second-order valence-corrected chi connectivity index (χ2v) is 10.9. The maximum atomic E-state index is 14.2. The van der Waals surface area contributed by atoms with E-state index in [1.807, 2.05) is 18.2 Å². The van der Waals surface area contributed by atoms with Crippen LogP contribution >= 0.6 is 0 Å². The maximum Gasteiger partial charge on any atom is 0.326 e. The molecule has 14 heteroatoms. The van der Waals surface area contributed by atoms with Crippen molar-refractivity contribution in [2.24, 2.45) is 0 Å². The number of carboxylic acids is 1. The van der Waals surface area contributed by atoms with Gasteiger partial charge >= 0.3 is 5.97 Å². The zero-order valence-corrected chi connectivity index (χ0v) is 24.4. The van der Waals surface area contributed by atoms with Gasteiger partial charge in [-0.15, -0.1) is 0 Å². The smallest absolute Gasteiger partial charge is 0.326 e. The minimum absolute atomic E-state index is 0.0998. The Morgan fingerprint density at radius 3 is 2.56 bits per heavy atom. The number of aromatic nitrogens is 1. The molecule has 2 aliphatic heterocycles. The van der Waals surface area contributed by atoms with E-state index >= 15 is 0 Å². The van der Waals surface area contributed by atoms with Gasteiger partial charge in [-0.25, -0.2) is 9.18 Å². The number of halogens is 1. The molecule has 2 fully saturated rings. The van der Waals surface area contributed by atoms with Crippen LogP contribution in [0.5, 0.6) is 0 Å². The highest BCUT2D eigenvalue weighted by Gasteiger charge is 2.43. The molecule has 1 aromatic heterocycles. The molecule has 0 bridgehead atoms. The second kappa shape index (κ2) is 15.5. The summed E-state index contributed by atoms with van der Waals surface area (Å²) in [5, 5.41) is 20.2. The van der Waals surface area contributed by atoms with Crippen LogP contribution in [-0.4, -0.2) is 87.8 Å². The van der Waals surface area contributed by atoms with Crippen molar-refractivity contribution in [3.05, 3.63) is 71.8 Å². The van der Waals surface area contributed by atoms with Crippen LogP contribution in [0.4, 0.5) is 4.39 Å². The van der Waals surface area contributed by atoms with Gasteiger partial charge in [-0.3, -0.25) is 29.0 Å². The van der Waals surface area contributed by atoms with Gasteiger partial charge in [-0.05, 0) is 49.8 Å². The first-order chi connectivity index (χ1) is 21.6. The van der Waals surface area contributed by atoms with Crippen molar-refractivity contribution < 1.29 is 38.3 Å². The van der Waals surface area contributed by atoms with Gasteiger partial charge in [0, 0.05) is 37.8 Å². The van der Waals surface area contributed by atoms with Crippen LogP contribution in [0.2, 0.25) is 0 Å². The van der Waals surface area contributed by atoms with Crippen molar-refractivity contribution in [2.75, 3.05) is 13.1 Å². The van der Waals surface area contributed by atoms with Crippen molar-refractivity contribution in [1.82, 2.24) is 31.2 Å². The standard InChI is InChI=1S/C31H35FN6O7/c32-22-17-33-15-13-21(22)28(41)35-20-16-25-29(42)37-24(31(44)45)10-12-26(39)34-14-5-4-8-23(30(43)38(25)18-20)36-27(40)11-9-19-6-2-1-3-7-19/h1-3,6-7,9,11,13,15,17,20,23-25H,4-5,8,10,12,14,16,18H2,(H,34,39)(H,35,41)(H,36,40)(H,37,42)(H,44,45)/b11-9+/t20-,23+,24+,25+/m1/s1. The second-order valence-electron chi connectivity index (χ2n) is 10.9. The fraction of sp³-hybridized carbons (Fsp3) is 0.387. The van der Waals surface area contributed by atoms with E-state index < -0.39 is 59.6 Å². The Balaban J connectivity index is 1.59. The number of carboxylic acid groups (broad SMARTS) is 1. The van der Waals surface area contributed by atoms with E-state index in [1.54, 1.807) is 18.2 Å². The van der Waals surface area contributed by atoms with Crippen LogP contribution < -0.4 is 21.3 Å². The first-order valence-electron chi connectivity index (χ1n) is 14.7. The summed E-state index contributed by atoms with van der Waals surface area (Å²) >= 11 is 0. The fourth-order valence-electron chi connectivity index (χ4n) is 5.26. The zero-order valence-electron chi connectivity index (χ0n) is 24.4. The molecule has 4 rings (SSSR count). The van der Waals surface area contributed by atoms with Gasteiger partial charge in [-0.2, -0.15) is 0 Å². The van der Waals surface area contributed by atoms with Gasteiger partial charge in [0.15, 0.2) is 5.82 Å². The summed E-state index contributed by atoms with van der Waals surface area (Å²) in [7, 11) is 0. The minimum Gasteiger partial charge on any atom is -0.480 e. The number of aliphatic carboxylic acids is 1. The molecule has 0 unspecified atom stereocenters. The first kappa shape index (κ1) is 32.8. The van der Waals surface area contributed by atoms with Gasteiger partial charge in [0.25, 0.3) is 5.91 Å². The Morgan fingerprint density at radius 2 is 1.82 bits per heavy atom. The summed E-state index contributed by atoms with van der Waals surface area (Å²) in [6, 6.07) is 5.75. The number of hydrogen-bond donors (Lipinski definition) is 5. The topological polar surface area (TPSA) is 187 Å². The molecule has 13 nitrogen and oxygen atoms in total. The Hall–Kier alpha value is -5.14. The largest absolute Gasteiger partial charge is 0.480 e. The third kappa shape index (κ3) is 9.17. The van der Waals surface area contributed by atoms with Crippen LogP contribution in [0.1, 0.15) is 54.4 Å². The molecule has 2 aromatic rings. The molecular formula is C31H35FN6O7. The number of hydrogen-bond acceptors (Lipinski definition) is 7. The molecule has 5 N–H and O–H groups in total. The van der Waals surface area contributed by atoms with E-state index in [4.69, 9.17) is 0 Å². The quantitative estimate of drug-likeness (QED) is 0.292. The van der Waals surface area contributed by atoms with E-state index in [0.717, 1.165) is 11.8 Å². The summed E-state index contributed by atoms with van der Waals surface area (Å²) in [6.07, 6.45) is 5.68. The summed E-state index contributed by atoms with van der Waals surface area (Å²) in [5.41, 5.74) is 0.495. The van der Waals surface area contributed by atoms with Gasteiger partial charge in [0.2, 0.25) is 23.6 Å². The zero-order chi connectivity index (χ0) is 32.3. The van der Waals surface area contributed by atoms with Gasteiger partial charge in [0.1, 0.15) is 18.1 Å². The molecule has 0 spiro atoms. The van der Waals surface area contributed by atoms with E-state index in [9.17, 15) is 38.3 Å². The Bertz CT molecular complexity index is 1450. The third-order valence-electron chi connectivity index (χ3n) is 7.60. The molecule has 0 radical (unpaired) electrons. The van der Waals surface area contributed by atoms with Crippen molar-refractivity contribution in [2.45, 2.75) is 62.7 Å². The predicted molar refractivity (Wildman–Crippen MR) is 159 cm³/mol. The Labute approximate surface area is 258 Å². The van der Waals surface area contributed by atoms with E-state index in [2.05, 4.69) is 26.3 Å². The summed E-state index contributed by atoms with van der Waals surface area (Å²) in [5.74, 6) is -5.32. The number of benzene rings is 1. The number of carbonyl (C=O) groups is 6. The highest BCUT2D eigenvalue weighted by atomic mass is 19.1. The third-order valence-corrected chi connectivity index (χ3v) is 7.60. The van der Waals surface area contributed by atoms with Crippen LogP contribution in [0.3, 0.4) is 0 Å². The van der Waals surface area contributed by atoms with Gasteiger partial charge in [-0.1, -0.05) is 30.3 Å². The average molecular weight is 623 g/mol. The van der Waals surface area contributed by atoms with Crippen LogP contribution in [0.25, 0.3) is 6.08 Å². The van der Waals surface area contributed by atoms with Gasteiger partial charge < -0.3 is 31.3 Å². The molecule has 0 aliphatic carbocycles. The van der Waals surface area contributed by atoms with Crippen molar-refractivity contribution >= 4 is 41.6 Å². The van der Waals surface area contributed by atoms with E-state index in [-0.39, 0.29) is 50.2 Å². The number of carbonyl (C=O) groups excluding carboxylic acids is 5. The van der Waals surface area contributed by atoms with Crippen molar-refractivity contribution in [1.29, 1.82) is 0 Å². The average Bonchev–Trinajstić information content (AvgIpc) is 3.44. The minimum atomic E-state index is -1.41. The molecule has 5 amide bonds. The normalized spacial score (nSPS) is 23.2. The highest BCUT2D eigenvalue weighted by molar-refractivity contribution is 5.98. The van der Waals surface area contributed by atoms with Crippen LogP contribution in [-0.2, 0) is 24.0 Å². The maximum absolute atomic E-state index is 14.2. The fourth-order valence-corrected chi connectivity index (χ4v) is 5.26. The number of amides is 5. The lowest BCUT2D eigenvalue weighted by Gasteiger charge is -2.29. The van der Waals surface area contributed by atoms with Crippen molar-refractivity contribution in [3.63, 3.8) is 0 Å². The van der Waals surface area contributed by atoms with Crippen LogP contribution in [0.15, 0.2) is 54.9 Å². The SMILES string of the molecule is O=C(/C=C/c1ccccc1)N[C@H]1CCCCNC(=O)CC[C@@H](C(=O)O)NC(=O)[C@@H]2C[C@@H](NC(=O)c3ccncc3F)CN2C1=O. The van der Waals surface area contributed by atoms with E-state index in [0.29, 0.717) is 12.8 Å². The number of nitrogens with one attached hydrogen (secondary N) is 4. The Morgan fingerprint density at radius 1 is 1.04 bits per heavy atom. The summed E-state index contributed by atoms with van der Waals surface area (Å²) in [6.45, 7) is 0.122. The first-order valence-corrected chi connectivity index (χ1v) is 14.7. The molecule has 4 atom stereocenters. The molecule has 2 saturated heterocycles. The molecule has 2 aliphatic rings. The number of rotatable bonds is 6. The molecule has 0 saturated carbocycles. The lowest BCUT2D eigenvalue weighted by Crippen LogP contribution is -2.55. The van der Waals surface area contributed by atoms with E-state index in [1.165, 1.54) is 23.2 Å². The molecule has 3 heterocycles. The predicted octanol–water partition coefficient (Wildman–Crippen LogP) is 0.768. The molecule has 238 valence electrons. The number of nitrogens with zero attached hydrogens (tertiary/aromatic N) is 2. The van der Waals surface area contributed by atoms with Gasteiger partial charge in [0.05, 0.1) is 11.8 Å². The Kier molecular flexibility index (Phi) is 11.3. The summed E-state index contributed by atoms with van der Waals surface area (Å²) in [4.78, 5) is 82.2. The van der Waals surface area contributed by atoms with Crippen LogP contribution in [0, 0.1) is 5.82 Å². The number of fused-ring (bicyclic) bond motifs is 1. The molecule has 1 aromatic carbocycles. The lowest BCUT2D eigenvalue weighted by atomic mass is 10.1.